The van der Waals surface area contributed by atoms with E-state index in [1.54, 1.807) is 13.8 Å². The Labute approximate surface area is 128 Å². The van der Waals surface area contributed by atoms with E-state index >= 15 is 0 Å². The van der Waals surface area contributed by atoms with E-state index < -0.39 is 0 Å². The average molecular weight is 309 g/mol. The van der Waals surface area contributed by atoms with Crippen molar-refractivity contribution in [3.05, 3.63) is 43.9 Å². The van der Waals surface area contributed by atoms with Crippen LogP contribution < -0.4 is 0 Å². The van der Waals surface area contributed by atoms with Crippen LogP contribution in [0.2, 0.25) is 0 Å². The zero-order valence-electron chi connectivity index (χ0n) is 11.5. The van der Waals surface area contributed by atoms with Crippen molar-refractivity contribution in [2.24, 2.45) is 11.8 Å². The second-order valence-corrected chi connectivity index (χ2v) is 3.31. The summed E-state index contributed by atoms with van der Waals surface area (Å²) >= 11 is 1.47. The first-order valence-electron chi connectivity index (χ1n) is 5.72. The summed E-state index contributed by atoms with van der Waals surface area (Å²) in [5.74, 6) is 1.50. The molecule has 0 aromatic carbocycles. The molecular weight excluding hydrogens is 283 g/mol. The average Bonchev–Trinajstić information content (AvgIpc) is 2.82. The number of fused-ring (bicyclic) bond motifs is 1. The van der Waals surface area contributed by atoms with Crippen LogP contribution in [0.3, 0.4) is 0 Å². The number of allylic oxidation sites excluding steroid dienone is 6. The quantitative estimate of drug-likeness (QED) is 0.409. The van der Waals surface area contributed by atoms with Crippen LogP contribution >= 0.6 is 9.30 Å². The monoisotopic (exact) mass is 308 g/mol. The molecule has 104 valence electrons. The number of rotatable bonds is 0. The van der Waals surface area contributed by atoms with Crippen LogP contribution in [0.4, 0.5) is 0 Å². The Hall–Kier alpha value is 0.144. The first-order valence-corrected chi connectivity index (χ1v) is 7.87. The molecule has 0 spiro atoms. The fourth-order valence-electron chi connectivity index (χ4n) is 1.51. The summed E-state index contributed by atoms with van der Waals surface area (Å²) in [6.45, 7) is 3.86. The molecule has 2 nitrogen and oxygen atoms in total. The number of aliphatic hydroxyl groups excluding tert-OH is 2. The fraction of sp³-hybridized carbons (Fsp3) is 0.500. The minimum atomic E-state index is 0. The molecule has 0 aliphatic heterocycles. The maximum absolute atomic E-state index is 7.57. The molecule has 0 fully saturated rings. The molecule has 0 bridgehead atoms. The van der Waals surface area contributed by atoms with E-state index in [4.69, 9.17) is 10.2 Å². The molecule has 2 rings (SSSR count). The number of aliphatic hydroxyl groups is 2. The predicted molar refractivity (Wildman–Crippen MR) is 76.8 cm³/mol. The van der Waals surface area contributed by atoms with E-state index in [0.29, 0.717) is 0 Å². The molecule has 0 amide bonds. The van der Waals surface area contributed by atoms with Crippen LogP contribution in [0.25, 0.3) is 0 Å². The number of halogens is 1. The van der Waals surface area contributed by atoms with E-state index in [2.05, 4.69) is 45.8 Å². The summed E-state index contributed by atoms with van der Waals surface area (Å²) in [5.41, 5.74) is 0. The van der Waals surface area contributed by atoms with Crippen molar-refractivity contribution in [1.29, 1.82) is 0 Å². The molecule has 4 heteroatoms. The Morgan fingerprint density at radius 1 is 1.06 bits per heavy atom. The minimum absolute atomic E-state index is 0. The summed E-state index contributed by atoms with van der Waals surface area (Å²) < 4.78 is 0. The third-order valence-electron chi connectivity index (χ3n) is 2.06. The number of hydrogen-bond donors (Lipinski definition) is 2. The van der Waals surface area contributed by atoms with Gasteiger partial charge in [-0.15, -0.1) is 0 Å². The Bertz CT molecular complexity index is 226. The summed E-state index contributed by atoms with van der Waals surface area (Å²) in [7, 11) is 4.64. The van der Waals surface area contributed by atoms with Gasteiger partial charge in [0.25, 0.3) is 0 Å². The van der Waals surface area contributed by atoms with Gasteiger partial charge in [-0.25, -0.2) is 0 Å². The molecule has 2 N–H and O–H groups in total. The first kappa shape index (κ1) is 23.3. The van der Waals surface area contributed by atoms with Gasteiger partial charge < -0.3 is 17.6 Å². The van der Waals surface area contributed by atoms with Gasteiger partial charge in [0.2, 0.25) is 0 Å². The predicted octanol–water partition coefficient (Wildman–Crippen LogP) is 3.44. The summed E-state index contributed by atoms with van der Waals surface area (Å²) in [5, 5.41) is 15.1. The van der Waals surface area contributed by atoms with Crippen molar-refractivity contribution < 1.29 is 29.6 Å². The van der Waals surface area contributed by atoms with Gasteiger partial charge in [-0.05, 0) is 26.2 Å². The Morgan fingerprint density at radius 3 is 1.94 bits per heavy atom. The molecular formula is C14H25ClO2Ti. The number of hydrogen-bond acceptors (Lipinski definition) is 2. The SMILES string of the molecule is C1=CC2C=CCC2C=C1.CCO.CCO.[CH3-].[Cl][Ti+]. The molecule has 0 saturated carbocycles. The Morgan fingerprint density at radius 2 is 1.50 bits per heavy atom. The summed E-state index contributed by atoms with van der Waals surface area (Å²) in [6, 6.07) is 0. The van der Waals surface area contributed by atoms with Crippen molar-refractivity contribution in [1.82, 2.24) is 0 Å². The zero-order chi connectivity index (χ0) is 13.5. The fourth-order valence-corrected chi connectivity index (χ4v) is 1.51. The van der Waals surface area contributed by atoms with Crippen LogP contribution in [0.1, 0.15) is 20.3 Å². The normalized spacial score (nSPS) is 20.9. The van der Waals surface area contributed by atoms with Gasteiger partial charge in [0.1, 0.15) is 0 Å². The van der Waals surface area contributed by atoms with Gasteiger partial charge >= 0.3 is 28.7 Å². The molecule has 2 aliphatic carbocycles. The molecule has 0 saturated heterocycles. The first-order chi connectivity index (χ1) is 8.29. The van der Waals surface area contributed by atoms with Gasteiger partial charge in [-0.1, -0.05) is 36.5 Å². The molecule has 2 atom stereocenters. The van der Waals surface area contributed by atoms with E-state index in [0.717, 1.165) is 11.8 Å². The summed E-state index contributed by atoms with van der Waals surface area (Å²) in [6.07, 6.45) is 14.7. The standard InChI is InChI=1S/C9H10.2C2H6O.CH3.ClH.Ti/c1-2-5-9-7-3-6-8(9)4-1;2*1-2-3;;;/h1-6,8-9H,7H2;2*3H,2H2,1H3;1H3;1H;/q;;;-1;;+2/p-1. The van der Waals surface area contributed by atoms with Crippen molar-refractivity contribution in [2.45, 2.75) is 20.3 Å². The van der Waals surface area contributed by atoms with E-state index in [9.17, 15) is 0 Å². The van der Waals surface area contributed by atoms with Gasteiger partial charge in [-0.3, -0.25) is 0 Å². The molecule has 0 radical (unpaired) electrons. The van der Waals surface area contributed by atoms with E-state index in [1.807, 2.05) is 0 Å². The van der Waals surface area contributed by atoms with Gasteiger partial charge in [0.15, 0.2) is 0 Å². The maximum atomic E-state index is 7.57. The molecule has 0 aromatic heterocycles. The molecule has 0 heterocycles. The van der Waals surface area contributed by atoms with Crippen molar-refractivity contribution in [3.63, 3.8) is 0 Å². The topological polar surface area (TPSA) is 40.5 Å². The van der Waals surface area contributed by atoms with Crippen LogP contribution in [0.15, 0.2) is 36.5 Å². The third kappa shape index (κ3) is 12.6. The van der Waals surface area contributed by atoms with Crippen LogP contribution in [0, 0.1) is 19.3 Å². The Kier molecular flexibility index (Phi) is 25.2. The molecule has 2 aliphatic rings. The van der Waals surface area contributed by atoms with Crippen LogP contribution in [-0.2, 0) is 19.4 Å². The zero-order valence-corrected chi connectivity index (χ0v) is 13.8. The van der Waals surface area contributed by atoms with E-state index in [1.165, 1.54) is 25.8 Å². The van der Waals surface area contributed by atoms with Gasteiger partial charge in [0.05, 0.1) is 0 Å². The van der Waals surface area contributed by atoms with Crippen LogP contribution in [0.5, 0.6) is 0 Å². The van der Waals surface area contributed by atoms with Crippen molar-refractivity contribution in [3.8, 4) is 0 Å². The van der Waals surface area contributed by atoms with Crippen LogP contribution in [-0.4, -0.2) is 23.4 Å². The molecule has 2 unspecified atom stereocenters. The second-order valence-electron chi connectivity index (χ2n) is 3.31. The van der Waals surface area contributed by atoms with Crippen molar-refractivity contribution >= 4 is 9.30 Å². The third-order valence-corrected chi connectivity index (χ3v) is 2.06. The second kappa shape index (κ2) is 19.5. The summed E-state index contributed by atoms with van der Waals surface area (Å²) in [4.78, 5) is 0. The molecule has 18 heavy (non-hydrogen) atoms. The molecule has 0 aromatic rings. The van der Waals surface area contributed by atoms with Gasteiger partial charge in [0, 0.05) is 19.1 Å². The van der Waals surface area contributed by atoms with Crippen molar-refractivity contribution in [2.75, 3.05) is 13.2 Å². The Balaban J connectivity index is -0.000000216. The van der Waals surface area contributed by atoms with E-state index in [-0.39, 0.29) is 20.6 Å². The van der Waals surface area contributed by atoms with Gasteiger partial charge in [-0.2, -0.15) is 0 Å².